The molecule has 39 heavy (non-hydrogen) atoms. The monoisotopic (exact) mass is 548 g/mol. The number of methoxy groups -OCH3 is 1. The third kappa shape index (κ3) is 4.31. The molecule has 0 bridgehead atoms. The molecule has 3 atom stereocenters. The number of nitrogens with one attached hydrogen (secondary N) is 1. The summed E-state index contributed by atoms with van der Waals surface area (Å²) in [6.07, 6.45) is 13.1. The first-order valence-corrected chi connectivity index (χ1v) is 12.8. The van der Waals surface area contributed by atoms with Crippen molar-refractivity contribution in [1.82, 2.24) is 20.3 Å². The van der Waals surface area contributed by atoms with Crippen molar-refractivity contribution in [2.45, 2.75) is 23.3 Å². The second-order valence-electron chi connectivity index (χ2n) is 9.08. The second kappa shape index (κ2) is 9.79. The first-order chi connectivity index (χ1) is 18.9. The minimum atomic E-state index is -0.894. The largest absolute Gasteiger partial charge is 0.495 e. The van der Waals surface area contributed by atoms with E-state index in [-0.39, 0.29) is 23.4 Å². The number of fused-ring (bicyclic) bond motifs is 3. The fourth-order valence-electron chi connectivity index (χ4n) is 4.93. The summed E-state index contributed by atoms with van der Waals surface area (Å²) in [7, 11) is 1.52. The molecule has 2 aromatic heterocycles. The highest BCUT2D eigenvalue weighted by Crippen LogP contribution is 2.55. The van der Waals surface area contributed by atoms with Crippen LogP contribution in [0.5, 0.6) is 5.75 Å². The van der Waals surface area contributed by atoms with Gasteiger partial charge in [-0.05, 0) is 48.4 Å². The van der Waals surface area contributed by atoms with Crippen LogP contribution in [-0.4, -0.2) is 44.3 Å². The molecule has 3 N–H and O–H groups in total. The Hall–Kier alpha value is -4.29. The summed E-state index contributed by atoms with van der Waals surface area (Å²) in [5, 5.41) is 3.89. The Morgan fingerprint density at radius 3 is 2.90 bits per heavy atom. The molecule has 0 radical (unpaired) electrons. The Morgan fingerprint density at radius 2 is 2.18 bits per heavy atom. The van der Waals surface area contributed by atoms with Crippen molar-refractivity contribution in [3.05, 3.63) is 113 Å². The summed E-state index contributed by atoms with van der Waals surface area (Å²) in [4.78, 5) is 25.2. The van der Waals surface area contributed by atoms with Crippen molar-refractivity contribution in [2.24, 2.45) is 10.8 Å². The van der Waals surface area contributed by atoms with Gasteiger partial charge in [-0.2, -0.15) is 4.39 Å². The number of hydrogen-bond acceptors (Lipinski definition) is 9. The van der Waals surface area contributed by atoms with Crippen LogP contribution in [-0.2, 0) is 4.74 Å². The summed E-state index contributed by atoms with van der Waals surface area (Å²) >= 11 is 1.38. The lowest BCUT2D eigenvalue weighted by Crippen LogP contribution is -2.45. The van der Waals surface area contributed by atoms with Gasteiger partial charge in [-0.3, -0.25) is 19.8 Å². The van der Waals surface area contributed by atoms with Crippen molar-refractivity contribution in [1.29, 1.82) is 0 Å². The molecule has 2 unspecified atom stereocenters. The fourth-order valence-corrected chi connectivity index (χ4v) is 5.98. The molecular formula is C27H22F2N6O3S. The molecule has 0 saturated heterocycles. The molecule has 0 fully saturated rings. The van der Waals surface area contributed by atoms with Crippen LogP contribution in [0.25, 0.3) is 0 Å². The van der Waals surface area contributed by atoms with Gasteiger partial charge in [0.05, 0.1) is 41.9 Å². The number of pyridine rings is 2. The van der Waals surface area contributed by atoms with Gasteiger partial charge in [-0.15, -0.1) is 0 Å². The molecular weight excluding hydrogens is 526 g/mol. The van der Waals surface area contributed by atoms with Crippen LogP contribution in [0.15, 0.2) is 101 Å². The number of hydrazine groups is 1. The lowest BCUT2D eigenvalue weighted by atomic mass is 9.78. The number of aliphatic imine (C=N–C) groups is 1. The lowest BCUT2D eigenvalue weighted by Gasteiger charge is -2.45. The number of aromatic nitrogens is 2. The van der Waals surface area contributed by atoms with E-state index in [1.54, 1.807) is 42.1 Å². The molecule has 2 aromatic rings. The number of nitrogens with two attached hydrogens (primary N) is 1. The number of carbonyl (C=O) groups is 1. The van der Waals surface area contributed by atoms with Crippen molar-refractivity contribution in [2.75, 3.05) is 7.11 Å². The second-order valence-corrected chi connectivity index (χ2v) is 10.2. The quantitative estimate of drug-likeness (QED) is 0.436. The minimum Gasteiger partial charge on any atom is -0.495 e. The number of amides is 1. The number of nitrogens with zero attached hydrogens (tertiary/aromatic N) is 4. The Balaban J connectivity index is 1.36. The summed E-state index contributed by atoms with van der Waals surface area (Å²) in [6, 6.07) is 3.29. The average Bonchev–Trinajstić information content (AvgIpc) is 2.96. The lowest BCUT2D eigenvalue weighted by molar-refractivity contribution is 0.0938. The number of allylic oxidation sites excluding steroid dienone is 2. The Morgan fingerprint density at radius 1 is 1.31 bits per heavy atom. The van der Waals surface area contributed by atoms with Gasteiger partial charge >= 0.3 is 0 Å². The molecule has 9 nitrogen and oxygen atoms in total. The number of halogens is 2. The highest BCUT2D eigenvalue weighted by Gasteiger charge is 2.50. The summed E-state index contributed by atoms with van der Waals surface area (Å²) in [6.45, 7) is 0. The van der Waals surface area contributed by atoms with E-state index in [0.29, 0.717) is 29.1 Å². The van der Waals surface area contributed by atoms with Crippen LogP contribution < -0.4 is 15.9 Å². The van der Waals surface area contributed by atoms with E-state index >= 15 is 4.39 Å². The van der Waals surface area contributed by atoms with Gasteiger partial charge in [0.25, 0.3) is 5.91 Å². The maximum atomic E-state index is 15.8. The Labute approximate surface area is 226 Å². The molecule has 0 aromatic carbocycles. The predicted molar refractivity (Wildman–Crippen MR) is 141 cm³/mol. The number of carbonyl (C=O) groups excluding carboxylic acids is 1. The highest BCUT2D eigenvalue weighted by atomic mass is 32.2. The van der Waals surface area contributed by atoms with Gasteiger partial charge in [-0.1, -0.05) is 17.8 Å². The number of ether oxygens (including phenoxy) is 2. The Kier molecular flexibility index (Phi) is 6.28. The molecule has 1 spiro atoms. The van der Waals surface area contributed by atoms with E-state index in [9.17, 15) is 9.18 Å². The van der Waals surface area contributed by atoms with Gasteiger partial charge in [0.15, 0.2) is 5.76 Å². The molecule has 1 amide bonds. The molecule has 6 rings (SSSR count). The standard InChI is InChI=1S/C27H22F2N6O3S/c1-37-18-3-4-21(33-13-18)26(36)34-17-2-5-23-19(9-17)27(6-7-31-14-39-27)20-10-22(15-8-16(28)12-32-11-15)35(30)25(29)24(20)38-23/h2-8,10-14,17,22H,9,30H2,1H3,(H,34,36)/t17?,22?,27-/m0/s1. The molecule has 5 heterocycles. The topological polar surface area (TPSA) is 115 Å². The first-order valence-electron chi connectivity index (χ1n) is 11.9. The summed E-state index contributed by atoms with van der Waals surface area (Å²) in [5.41, 5.74) is 3.63. The van der Waals surface area contributed by atoms with Crippen LogP contribution in [0.2, 0.25) is 0 Å². The molecule has 198 valence electrons. The first kappa shape index (κ1) is 25.0. The van der Waals surface area contributed by atoms with E-state index in [1.165, 1.54) is 37.3 Å². The maximum Gasteiger partial charge on any atom is 0.270 e. The minimum absolute atomic E-state index is 0.0288. The summed E-state index contributed by atoms with van der Waals surface area (Å²) < 4.78 is 40.0. The van der Waals surface area contributed by atoms with Crippen LogP contribution in [0.3, 0.4) is 0 Å². The van der Waals surface area contributed by atoms with E-state index in [2.05, 4.69) is 20.3 Å². The molecule has 1 aliphatic carbocycles. The maximum absolute atomic E-state index is 15.8. The predicted octanol–water partition coefficient (Wildman–Crippen LogP) is 3.99. The van der Waals surface area contributed by atoms with Crippen molar-refractivity contribution in [3.63, 3.8) is 0 Å². The number of hydrogen-bond donors (Lipinski definition) is 2. The SMILES string of the molecule is COc1ccc(C(=O)NC2C=CC3=C(C2)[C@@]2(C=CN=CS2)C2=CC(c4cncc(F)c4)N(N)C(F)=C2O3)nc1. The van der Waals surface area contributed by atoms with Crippen LogP contribution in [0.4, 0.5) is 8.78 Å². The molecule has 4 aliphatic rings. The highest BCUT2D eigenvalue weighted by molar-refractivity contribution is 8.13. The number of thioether (sulfide) groups is 1. The van der Waals surface area contributed by atoms with E-state index in [0.717, 1.165) is 16.8 Å². The van der Waals surface area contributed by atoms with Crippen molar-refractivity contribution < 1.29 is 23.0 Å². The smallest absolute Gasteiger partial charge is 0.270 e. The third-order valence-corrected chi connectivity index (χ3v) is 8.03. The molecule has 3 aliphatic heterocycles. The van der Waals surface area contributed by atoms with Crippen LogP contribution in [0, 0.1) is 5.82 Å². The van der Waals surface area contributed by atoms with Gasteiger partial charge < -0.3 is 14.8 Å². The van der Waals surface area contributed by atoms with Crippen molar-refractivity contribution in [3.8, 4) is 5.75 Å². The van der Waals surface area contributed by atoms with Gasteiger partial charge in [0.2, 0.25) is 5.95 Å². The fraction of sp³-hybridized carbons (Fsp3) is 0.185. The normalized spacial score (nSPS) is 25.2. The number of rotatable bonds is 4. The van der Waals surface area contributed by atoms with E-state index < -0.39 is 22.6 Å². The molecule has 12 heteroatoms. The molecule has 0 saturated carbocycles. The summed E-state index contributed by atoms with van der Waals surface area (Å²) in [5.74, 6) is 5.40. The van der Waals surface area contributed by atoms with Crippen LogP contribution in [0.1, 0.15) is 28.5 Å². The van der Waals surface area contributed by atoms with Gasteiger partial charge in [0, 0.05) is 23.5 Å². The van der Waals surface area contributed by atoms with Crippen molar-refractivity contribution >= 4 is 23.2 Å². The average molecular weight is 549 g/mol. The zero-order valence-corrected chi connectivity index (χ0v) is 21.4. The van der Waals surface area contributed by atoms with E-state index in [4.69, 9.17) is 15.3 Å². The zero-order valence-electron chi connectivity index (χ0n) is 20.5. The van der Waals surface area contributed by atoms with Gasteiger partial charge in [-0.25, -0.2) is 15.2 Å². The third-order valence-electron chi connectivity index (χ3n) is 6.83. The van der Waals surface area contributed by atoms with Gasteiger partial charge in [0.1, 0.15) is 23.0 Å². The Bertz CT molecular complexity index is 1530. The van der Waals surface area contributed by atoms with Crippen LogP contribution >= 0.6 is 11.8 Å². The van der Waals surface area contributed by atoms with E-state index in [1.807, 2.05) is 6.08 Å². The zero-order chi connectivity index (χ0) is 27.1.